The number of carbonyl (C=O) groups is 1. The number of fused-ring (bicyclic) bond motifs is 1. The van der Waals surface area contributed by atoms with Crippen LogP contribution in [0.5, 0.6) is 5.75 Å². The third-order valence-electron chi connectivity index (χ3n) is 5.17. The minimum Gasteiger partial charge on any atom is -0.497 e. The number of halogens is 2. The van der Waals surface area contributed by atoms with Crippen molar-refractivity contribution in [2.24, 2.45) is 0 Å². The van der Waals surface area contributed by atoms with E-state index in [0.29, 0.717) is 13.1 Å². The summed E-state index contributed by atoms with van der Waals surface area (Å²) in [5, 5.41) is 1.23. The van der Waals surface area contributed by atoms with E-state index in [1.165, 1.54) is 12.1 Å². The van der Waals surface area contributed by atoms with E-state index < -0.39 is 5.82 Å². The standard InChI is InChI=1S/C21H20ClFN2O2/c1-27-15-7-8-18-14(10-15)11-19(24-18)13-4-3-9-25(12-13)21(26)20-16(22)5-2-6-17(20)23/h2,5-8,10-11,13,24H,3-4,9,12H2,1H3. The molecule has 4 rings (SSSR count). The van der Waals surface area contributed by atoms with Gasteiger partial charge in [-0.15, -0.1) is 0 Å². The summed E-state index contributed by atoms with van der Waals surface area (Å²) < 4.78 is 19.4. The fourth-order valence-corrected chi connectivity index (χ4v) is 4.00. The van der Waals surface area contributed by atoms with Gasteiger partial charge in [-0.05, 0) is 49.2 Å². The van der Waals surface area contributed by atoms with Gasteiger partial charge >= 0.3 is 0 Å². The maximum Gasteiger partial charge on any atom is 0.258 e. The maximum absolute atomic E-state index is 14.1. The van der Waals surface area contributed by atoms with Crippen molar-refractivity contribution in [1.82, 2.24) is 9.88 Å². The van der Waals surface area contributed by atoms with E-state index in [-0.39, 0.29) is 22.4 Å². The van der Waals surface area contributed by atoms with Crippen LogP contribution in [0.2, 0.25) is 5.02 Å². The van der Waals surface area contributed by atoms with Crippen LogP contribution in [-0.2, 0) is 0 Å². The Morgan fingerprint density at radius 2 is 2.15 bits per heavy atom. The first-order chi connectivity index (χ1) is 13.1. The van der Waals surface area contributed by atoms with Gasteiger partial charge in [0.25, 0.3) is 5.91 Å². The lowest BCUT2D eigenvalue weighted by Crippen LogP contribution is -2.39. The molecule has 0 spiro atoms. The minimum absolute atomic E-state index is 0.0406. The van der Waals surface area contributed by atoms with Crippen molar-refractivity contribution >= 4 is 28.4 Å². The number of nitrogens with one attached hydrogen (secondary N) is 1. The quantitative estimate of drug-likeness (QED) is 0.689. The highest BCUT2D eigenvalue weighted by Gasteiger charge is 2.29. The third-order valence-corrected chi connectivity index (χ3v) is 5.49. The minimum atomic E-state index is -0.577. The fourth-order valence-electron chi connectivity index (χ4n) is 3.76. The van der Waals surface area contributed by atoms with Crippen LogP contribution in [-0.4, -0.2) is 36.0 Å². The highest BCUT2D eigenvalue weighted by Crippen LogP contribution is 2.32. The number of piperidine rings is 1. The second-order valence-corrected chi connectivity index (χ2v) is 7.27. The van der Waals surface area contributed by atoms with Crippen LogP contribution in [0.1, 0.15) is 34.8 Å². The number of aromatic amines is 1. The van der Waals surface area contributed by atoms with Gasteiger partial charge in [0.2, 0.25) is 0 Å². The van der Waals surface area contributed by atoms with Crippen LogP contribution >= 0.6 is 11.6 Å². The Kier molecular flexibility index (Phi) is 4.79. The zero-order valence-corrected chi connectivity index (χ0v) is 15.7. The smallest absolute Gasteiger partial charge is 0.258 e. The van der Waals surface area contributed by atoms with Crippen molar-refractivity contribution in [3.8, 4) is 5.75 Å². The van der Waals surface area contributed by atoms with E-state index in [2.05, 4.69) is 11.1 Å². The molecule has 1 aliphatic rings. The molecule has 140 valence electrons. The number of amides is 1. The van der Waals surface area contributed by atoms with Gasteiger partial charge in [0.05, 0.1) is 17.7 Å². The molecule has 27 heavy (non-hydrogen) atoms. The van der Waals surface area contributed by atoms with Gasteiger partial charge in [-0.25, -0.2) is 4.39 Å². The molecule has 1 N–H and O–H groups in total. The average Bonchev–Trinajstić information content (AvgIpc) is 3.11. The topological polar surface area (TPSA) is 45.3 Å². The molecule has 2 heterocycles. The molecule has 1 fully saturated rings. The van der Waals surface area contributed by atoms with Crippen molar-refractivity contribution in [3.05, 3.63) is 64.6 Å². The zero-order chi connectivity index (χ0) is 19.0. The number of rotatable bonds is 3. The molecule has 1 amide bonds. The van der Waals surface area contributed by atoms with Gasteiger partial charge in [0.15, 0.2) is 0 Å². The van der Waals surface area contributed by atoms with Gasteiger partial charge in [-0.1, -0.05) is 17.7 Å². The predicted molar refractivity (Wildman–Crippen MR) is 104 cm³/mol. The zero-order valence-electron chi connectivity index (χ0n) is 15.0. The molecular weight excluding hydrogens is 367 g/mol. The summed E-state index contributed by atoms with van der Waals surface area (Å²) in [5.74, 6) is 0.0576. The summed E-state index contributed by atoms with van der Waals surface area (Å²) in [6.45, 7) is 1.14. The molecule has 1 unspecified atom stereocenters. The van der Waals surface area contributed by atoms with E-state index in [9.17, 15) is 9.18 Å². The first-order valence-electron chi connectivity index (χ1n) is 8.97. The molecule has 3 aromatic rings. The number of carbonyl (C=O) groups excluding carboxylic acids is 1. The summed E-state index contributed by atoms with van der Waals surface area (Å²) in [6.07, 6.45) is 1.83. The number of hydrogen-bond acceptors (Lipinski definition) is 2. The average molecular weight is 387 g/mol. The van der Waals surface area contributed by atoms with Crippen molar-refractivity contribution in [2.75, 3.05) is 20.2 Å². The number of nitrogens with zero attached hydrogens (tertiary/aromatic N) is 1. The summed E-state index contributed by atoms with van der Waals surface area (Å²) in [7, 11) is 1.65. The van der Waals surface area contributed by atoms with E-state index in [0.717, 1.165) is 35.2 Å². The highest BCUT2D eigenvalue weighted by atomic mass is 35.5. The highest BCUT2D eigenvalue weighted by molar-refractivity contribution is 6.33. The first-order valence-corrected chi connectivity index (χ1v) is 9.34. The van der Waals surface area contributed by atoms with Crippen molar-refractivity contribution in [3.63, 3.8) is 0 Å². The Balaban J connectivity index is 1.58. The van der Waals surface area contributed by atoms with Crippen LogP contribution in [0.3, 0.4) is 0 Å². The molecule has 1 aliphatic heterocycles. The van der Waals surface area contributed by atoms with Crippen LogP contribution in [0.15, 0.2) is 42.5 Å². The van der Waals surface area contributed by atoms with Crippen LogP contribution in [0, 0.1) is 5.82 Å². The van der Waals surface area contributed by atoms with Crippen molar-refractivity contribution in [1.29, 1.82) is 0 Å². The molecule has 1 saturated heterocycles. The Bertz CT molecular complexity index is 981. The molecule has 0 aliphatic carbocycles. The summed E-state index contributed by atoms with van der Waals surface area (Å²) in [4.78, 5) is 18.0. The largest absolute Gasteiger partial charge is 0.497 e. The first kappa shape index (κ1) is 17.9. The third kappa shape index (κ3) is 3.39. The normalized spacial score (nSPS) is 17.3. The molecule has 0 radical (unpaired) electrons. The molecule has 1 atom stereocenters. The monoisotopic (exact) mass is 386 g/mol. The molecule has 2 aromatic carbocycles. The lowest BCUT2D eigenvalue weighted by atomic mass is 9.94. The van der Waals surface area contributed by atoms with Crippen LogP contribution in [0.25, 0.3) is 10.9 Å². The van der Waals surface area contributed by atoms with E-state index in [1.807, 2.05) is 18.2 Å². The molecular formula is C21H20ClFN2O2. The lowest BCUT2D eigenvalue weighted by molar-refractivity contribution is 0.0701. The van der Waals surface area contributed by atoms with E-state index in [1.54, 1.807) is 18.1 Å². The number of H-pyrrole nitrogens is 1. The Morgan fingerprint density at radius 1 is 1.30 bits per heavy atom. The van der Waals surface area contributed by atoms with Gasteiger partial charge < -0.3 is 14.6 Å². The summed E-state index contributed by atoms with van der Waals surface area (Å²) in [6, 6.07) is 12.3. The fraction of sp³-hybridized carbons (Fsp3) is 0.286. The van der Waals surface area contributed by atoms with E-state index >= 15 is 0 Å². The van der Waals surface area contributed by atoms with Crippen molar-refractivity contribution in [2.45, 2.75) is 18.8 Å². The molecule has 6 heteroatoms. The maximum atomic E-state index is 14.1. The van der Waals surface area contributed by atoms with Gasteiger partial charge in [0.1, 0.15) is 11.6 Å². The van der Waals surface area contributed by atoms with Gasteiger partial charge in [0, 0.05) is 35.6 Å². The lowest BCUT2D eigenvalue weighted by Gasteiger charge is -2.32. The second kappa shape index (κ2) is 7.24. The SMILES string of the molecule is COc1ccc2[nH]c(C3CCCN(C(=O)c4c(F)cccc4Cl)C3)cc2c1. The van der Waals surface area contributed by atoms with Crippen LogP contribution < -0.4 is 4.74 Å². The molecule has 1 aromatic heterocycles. The molecule has 0 saturated carbocycles. The Morgan fingerprint density at radius 3 is 2.93 bits per heavy atom. The second-order valence-electron chi connectivity index (χ2n) is 6.86. The number of aromatic nitrogens is 1. The Hall–Kier alpha value is -2.53. The molecule has 0 bridgehead atoms. The van der Waals surface area contributed by atoms with Crippen molar-refractivity contribution < 1.29 is 13.9 Å². The molecule has 4 nitrogen and oxygen atoms in total. The number of methoxy groups -OCH3 is 1. The van der Waals surface area contributed by atoms with E-state index in [4.69, 9.17) is 16.3 Å². The number of hydrogen-bond donors (Lipinski definition) is 1. The Labute approximate surface area is 161 Å². The summed E-state index contributed by atoms with van der Waals surface area (Å²) in [5.41, 5.74) is 2.07. The van der Waals surface area contributed by atoms with Crippen LogP contribution in [0.4, 0.5) is 4.39 Å². The summed E-state index contributed by atoms with van der Waals surface area (Å²) >= 11 is 6.07. The van der Waals surface area contributed by atoms with Gasteiger partial charge in [-0.3, -0.25) is 4.79 Å². The number of ether oxygens (including phenoxy) is 1. The predicted octanol–water partition coefficient (Wildman–Crippen LogP) is 4.99. The van der Waals surface area contributed by atoms with Gasteiger partial charge in [-0.2, -0.15) is 0 Å². The number of benzene rings is 2. The number of likely N-dealkylation sites (tertiary alicyclic amines) is 1.